The molecule has 0 aromatic carbocycles. The molecule has 6 heteroatoms. The summed E-state index contributed by atoms with van der Waals surface area (Å²) in [6, 6.07) is 3.82. The van der Waals surface area contributed by atoms with E-state index in [9.17, 15) is 9.59 Å². The van der Waals surface area contributed by atoms with Crippen molar-refractivity contribution in [3.05, 3.63) is 27.3 Å². The van der Waals surface area contributed by atoms with Gasteiger partial charge in [-0.3, -0.25) is 14.5 Å². The number of unbranched alkanes of at least 4 members (excludes halogenated alkanes) is 1. The molecular formula is C18H25NO3S2. The SMILES string of the molecule is CCCCOCCCN1C(=O)C(SC(C)C)=C(c2cccs2)C1=O. The Morgan fingerprint density at radius 3 is 2.58 bits per heavy atom. The average molecular weight is 368 g/mol. The molecule has 0 N–H and O–H groups in total. The Morgan fingerprint density at radius 2 is 1.96 bits per heavy atom. The quantitative estimate of drug-likeness (QED) is 0.460. The molecule has 0 bridgehead atoms. The molecule has 1 aromatic heterocycles. The number of rotatable bonds is 10. The minimum Gasteiger partial charge on any atom is -0.381 e. The highest BCUT2D eigenvalue weighted by Gasteiger charge is 2.39. The standard InChI is InChI=1S/C18H25NO3S2/c1-4-5-10-22-11-7-9-19-17(20)15(14-8-6-12-23-14)16(18(19)21)24-13(2)3/h6,8,12-13H,4-5,7,9-11H2,1-3H3. The number of hydrogen-bond acceptors (Lipinski definition) is 5. The van der Waals surface area contributed by atoms with E-state index in [2.05, 4.69) is 6.92 Å². The van der Waals surface area contributed by atoms with Gasteiger partial charge in [0.05, 0.1) is 10.5 Å². The number of thioether (sulfide) groups is 1. The van der Waals surface area contributed by atoms with Crippen molar-refractivity contribution in [3.8, 4) is 0 Å². The van der Waals surface area contributed by atoms with Gasteiger partial charge in [-0.05, 0) is 24.3 Å². The van der Waals surface area contributed by atoms with Crippen LogP contribution in [0.4, 0.5) is 0 Å². The zero-order chi connectivity index (χ0) is 17.5. The summed E-state index contributed by atoms with van der Waals surface area (Å²) in [7, 11) is 0. The summed E-state index contributed by atoms with van der Waals surface area (Å²) in [6.07, 6.45) is 2.83. The third kappa shape index (κ3) is 4.71. The van der Waals surface area contributed by atoms with Crippen molar-refractivity contribution >= 4 is 40.5 Å². The summed E-state index contributed by atoms with van der Waals surface area (Å²) in [5.74, 6) is -0.324. The van der Waals surface area contributed by atoms with Gasteiger partial charge < -0.3 is 4.74 Å². The second-order valence-electron chi connectivity index (χ2n) is 5.93. The van der Waals surface area contributed by atoms with Crippen molar-refractivity contribution in [2.75, 3.05) is 19.8 Å². The van der Waals surface area contributed by atoms with Crippen LogP contribution in [0.2, 0.25) is 0 Å². The number of carbonyl (C=O) groups excluding carboxylic acids is 2. The van der Waals surface area contributed by atoms with Crippen LogP contribution >= 0.6 is 23.1 Å². The molecule has 2 rings (SSSR count). The van der Waals surface area contributed by atoms with Gasteiger partial charge in [0.15, 0.2) is 0 Å². The maximum atomic E-state index is 12.8. The Balaban J connectivity index is 2.04. The van der Waals surface area contributed by atoms with Gasteiger partial charge in [0, 0.05) is 29.9 Å². The lowest BCUT2D eigenvalue weighted by Gasteiger charge is -2.15. The van der Waals surface area contributed by atoms with Crippen molar-refractivity contribution in [3.63, 3.8) is 0 Å². The zero-order valence-corrected chi connectivity index (χ0v) is 16.2. The van der Waals surface area contributed by atoms with E-state index in [1.165, 1.54) is 28.0 Å². The third-order valence-corrected chi connectivity index (χ3v) is 5.53. The fourth-order valence-corrected chi connectivity index (χ4v) is 4.24. The minimum absolute atomic E-state index is 0.157. The molecule has 4 nitrogen and oxygen atoms in total. The molecule has 0 saturated carbocycles. The molecule has 1 aliphatic heterocycles. The normalized spacial score (nSPS) is 15.2. The summed E-state index contributed by atoms with van der Waals surface area (Å²) in [5, 5.41) is 2.19. The lowest BCUT2D eigenvalue weighted by Crippen LogP contribution is -2.33. The van der Waals surface area contributed by atoms with Crippen LogP contribution in [0.25, 0.3) is 5.57 Å². The van der Waals surface area contributed by atoms with Gasteiger partial charge in [-0.2, -0.15) is 0 Å². The van der Waals surface area contributed by atoms with E-state index >= 15 is 0 Å². The van der Waals surface area contributed by atoms with Gasteiger partial charge >= 0.3 is 0 Å². The van der Waals surface area contributed by atoms with Crippen molar-refractivity contribution in [1.29, 1.82) is 0 Å². The van der Waals surface area contributed by atoms with Crippen molar-refractivity contribution in [1.82, 2.24) is 4.90 Å². The summed E-state index contributed by atoms with van der Waals surface area (Å²) in [4.78, 5) is 28.3. The van der Waals surface area contributed by atoms with Gasteiger partial charge in [-0.15, -0.1) is 23.1 Å². The summed E-state index contributed by atoms with van der Waals surface area (Å²) in [5.41, 5.74) is 0.570. The number of carbonyl (C=O) groups is 2. The first-order valence-electron chi connectivity index (χ1n) is 8.45. The van der Waals surface area contributed by atoms with Gasteiger partial charge in [0.25, 0.3) is 11.8 Å². The fourth-order valence-electron chi connectivity index (χ4n) is 2.41. The summed E-state index contributed by atoms with van der Waals surface area (Å²) < 4.78 is 5.53. The number of amides is 2. The molecule has 0 atom stereocenters. The molecule has 0 saturated heterocycles. The Bertz CT molecular complexity index is 593. The van der Waals surface area contributed by atoms with Crippen molar-refractivity contribution in [2.45, 2.75) is 45.3 Å². The molecule has 132 valence electrons. The molecule has 0 aliphatic carbocycles. The number of thiophene rings is 1. The highest BCUT2D eigenvalue weighted by Crippen LogP contribution is 2.39. The lowest BCUT2D eigenvalue weighted by molar-refractivity contribution is -0.136. The van der Waals surface area contributed by atoms with Crippen LogP contribution in [0.5, 0.6) is 0 Å². The predicted octanol–water partition coefficient (Wildman–Crippen LogP) is 4.18. The largest absolute Gasteiger partial charge is 0.381 e. The number of ether oxygens (including phenoxy) is 1. The van der Waals surface area contributed by atoms with E-state index in [-0.39, 0.29) is 17.1 Å². The van der Waals surface area contributed by atoms with Gasteiger partial charge in [-0.1, -0.05) is 33.3 Å². The van der Waals surface area contributed by atoms with E-state index in [0.717, 1.165) is 24.3 Å². The lowest BCUT2D eigenvalue weighted by atomic mass is 10.2. The van der Waals surface area contributed by atoms with Crippen LogP contribution in [-0.2, 0) is 14.3 Å². The average Bonchev–Trinajstić information content (AvgIpc) is 3.13. The molecule has 0 fully saturated rings. The molecule has 2 amide bonds. The number of nitrogens with zero attached hydrogens (tertiary/aromatic N) is 1. The third-order valence-electron chi connectivity index (χ3n) is 3.56. The monoisotopic (exact) mass is 367 g/mol. The van der Waals surface area contributed by atoms with Crippen molar-refractivity contribution < 1.29 is 14.3 Å². The molecule has 0 spiro atoms. The summed E-state index contributed by atoms with van der Waals surface area (Å²) in [6.45, 7) is 7.93. The zero-order valence-electron chi connectivity index (χ0n) is 14.5. The molecule has 24 heavy (non-hydrogen) atoms. The Kier molecular flexibility index (Phi) is 7.52. The first-order valence-corrected chi connectivity index (χ1v) is 10.2. The van der Waals surface area contributed by atoms with Crippen LogP contribution in [0.3, 0.4) is 0 Å². The van der Waals surface area contributed by atoms with Gasteiger partial charge in [-0.25, -0.2) is 0 Å². The van der Waals surface area contributed by atoms with E-state index in [4.69, 9.17) is 4.74 Å². The second-order valence-corrected chi connectivity index (χ2v) is 8.46. The topological polar surface area (TPSA) is 46.6 Å². The van der Waals surface area contributed by atoms with Crippen LogP contribution in [0.1, 0.15) is 44.9 Å². The molecule has 2 heterocycles. The molecular weight excluding hydrogens is 342 g/mol. The first kappa shape index (κ1) is 19.2. The van der Waals surface area contributed by atoms with E-state index in [1.54, 1.807) is 0 Å². The Hall–Kier alpha value is -1.11. The van der Waals surface area contributed by atoms with E-state index in [1.807, 2.05) is 31.4 Å². The smallest absolute Gasteiger partial charge is 0.268 e. The van der Waals surface area contributed by atoms with Gasteiger partial charge in [0.1, 0.15) is 0 Å². The van der Waals surface area contributed by atoms with Crippen LogP contribution in [-0.4, -0.2) is 41.7 Å². The Morgan fingerprint density at radius 1 is 1.21 bits per heavy atom. The number of imide groups is 1. The van der Waals surface area contributed by atoms with E-state index < -0.39 is 0 Å². The fraction of sp³-hybridized carbons (Fsp3) is 0.556. The van der Waals surface area contributed by atoms with Crippen molar-refractivity contribution in [2.24, 2.45) is 0 Å². The minimum atomic E-state index is -0.167. The highest BCUT2D eigenvalue weighted by atomic mass is 32.2. The Labute approximate surface area is 152 Å². The van der Waals surface area contributed by atoms with E-state index in [0.29, 0.717) is 30.1 Å². The first-order chi connectivity index (χ1) is 11.6. The molecule has 0 radical (unpaired) electrons. The number of hydrogen-bond donors (Lipinski definition) is 0. The summed E-state index contributed by atoms with van der Waals surface area (Å²) >= 11 is 2.98. The maximum absolute atomic E-state index is 12.8. The molecule has 1 aromatic rings. The van der Waals surface area contributed by atoms with Crippen LogP contribution in [0, 0.1) is 0 Å². The predicted molar refractivity (Wildman–Crippen MR) is 101 cm³/mol. The van der Waals surface area contributed by atoms with Gasteiger partial charge in [0.2, 0.25) is 0 Å². The van der Waals surface area contributed by atoms with Crippen LogP contribution in [0.15, 0.2) is 22.4 Å². The van der Waals surface area contributed by atoms with Crippen LogP contribution < -0.4 is 0 Å². The molecule has 1 aliphatic rings. The highest BCUT2D eigenvalue weighted by molar-refractivity contribution is 8.04. The molecule has 0 unspecified atom stereocenters. The maximum Gasteiger partial charge on any atom is 0.268 e. The second kappa shape index (κ2) is 9.39.